The molecule has 180 valence electrons. The van der Waals surface area contributed by atoms with E-state index >= 15 is 0 Å². The van der Waals surface area contributed by atoms with E-state index in [4.69, 9.17) is 0 Å². The first-order chi connectivity index (χ1) is 16.5. The minimum absolute atomic E-state index is 0.0698. The van der Waals surface area contributed by atoms with E-state index in [9.17, 15) is 18.0 Å². The number of sulfone groups is 1. The lowest BCUT2D eigenvalue weighted by Crippen LogP contribution is -2.25. The summed E-state index contributed by atoms with van der Waals surface area (Å²) in [6.45, 7) is 8.91. The highest BCUT2D eigenvalue weighted by Crippen LogP contribution is 2.25. The summed E-state index contributed by atoms with van der Waals surface area (Å²) in [6.07, 6.45) is 1.23. The number of benzene rings is 2. The summed E-state index contributed by atoms with van der Waals surface area (Å²) in [5, 5.41) is 3.03. The van der Waals surface area contributed by atoms with Crippen LogP contribution in [0, 0.1) is 34.6 Å². The Balaban J connectivity index is 1.86. The van der Waals surface area contributed by atoms with Gasteiger partial charge < -0.3 is 9.88 Å². The Hall–Kier alpha value is -3.78. The number of aryl methyl sites for hydroxylation is 4. The number of rotatable bonds is 5. The third kappa shape index (κ3) is 4.61. The smallest absolute Gasteiger partial charge is 0.244 e. The highest BCUT2D eigenvalue weighted by molar-refractivity contribution is 7.91. The van der Waals surface area contributed by atoms with Crippen LogP contribution in [0.2, 0.25) is 0 Å². The van der Waals surface area contributed by atoms with Crippen LogP contribution in [0.5, 0.6) is 0 Å². The molecule has 2 heterocycles. The predicted octanol–water partition coefficient (Wildman–Crippen LogP) is 4.41. The lowest BCUT2D eigenvalue weighted by atomic mass is 10.1. The zero-order valence-corrected chi connectivity index (χ0v) is 21.2. The number of amides is 1. The van der Waals surface area contributed by atoms with Crippen LogP contribution >= 0.6 is 0 Å². The first kappa shape index (κ1) is 24.3. The first-order valence-corrected chi connectivity index (χ1v) is 12.7. The van der Waals surface area contributed by atoms with Crippen molar-refractivity contribution in [3.05, 3.63) is 92.9 Å². The molecule has 0 unspecified atom stereocenters. The van der Waals surface area contributed by atoms with Crippen LogP contribution in [0.4, 0.5) is 5.69 Å². The highest BCUT2D eigenvalue weighted by Gasteiger charge is 2.26. The topological polar surface area (TPSA) is 98.1 Å². The quantitative estimate of drug-likeness (QED) is 0.448. The number of hydrogen-bond donors (Lipinski definition) is 1. The number of fused-ring (bicyclic) bond motifs is 1. The third-order valence-electron chi connectivity index (χ3n) is 6.14. The normalized spacial score (nSPS) is 11.6. The molecular formula is C27H27N3O4S. The number of nitrogens with one attached hydrogen (secondary N) is 1. The van der Waals surface area contributed by atoms with E-state index < -0.39 is 15.3 Å². The van der Waals surface area contributed by atoms with Gasteiger partial charge in [0.25, 0.3) is 0 Å². The maximum atomic E-state index is 13.6. The number of aromatic nitrogens is 2. The van der Waals surface area contributed by atoms with Crippen molar-refractivity contribution in [2.24, 2.45) is 0 Å². The molecule has 0 radical (unpaired) electrons. The van der Waals surface area contributed by atoms with E-state index in [1.54, 1.807) is 45.0 Å². The molecule has 0 atom stereocenters. The Morgan fingerprint density at radius 3 is 2.43 bits per heavy atom. The van der Waals surface area contributed by atoms with E-state index in [1.165, 1.54) is 10.8 Å². The standard InChI is InChI=1S/C27H27N3O4S/c1-16-9-10-18(3)23(13-16)35(33,34)24-14-30(27-21(26(24)32)12-11-19(4)28-27)15-25(31)29-22-8-6-7-17(2)20(22)5/h6-14H,15H2,1-5H3,(H,29,31). The molecule has 8 heteroatoms. The number of nitrogens with zero attached hydrogens (tertiary/aromatic N) is 2. The summed E-state index contributed by atoms with van der Waals surface area (Å²) in [7, 11) is -4.15. The maximum Gasteiger partial charge on any atom is 0.244 e. The summed E-state index contributed by atoms with van der Waals surface area (Å²) in [5.74, 6) is -0.359. The Labute approximate surface area is 204 Å². The molecule has 0 saturated heterocycles. The lowest BCUT2D eigenvalue weighted by molar-refractivity contribution is -0.116. The van der Waals surface area contributed by atoms with Gasteiger partial charge in [-0.05, 0) is 81.1 Å². The lowest BCUT2D eigenvalue weighted by Gasteiger charge is -2.15. The molecule has 0 aliphatic carbocycles. The van der Waals surface area contributed by atoms with Gasteiger partial charge in [-0.15, -0.1) is 0 Å². The van der Waals surface area contributed by atoms with Gasteiger partial charge in [-0.25, -0.2) is 13.4 Å². The second-order valence-corrected chi connectivity index (χ2v) is 10.7. The fourth-order valence-electron chi connectivity index (χ4n) is 3.99. The molecule has 35 heavy (non-hydrogen) atoms. The van der Waals surface area contributed by atoms with E-state index in [2.05, 4.69) is 10.3 Å². The van der Waals surface area contributed by atoms with Gasteiger partial charge in [0.05, 0.1) is 10.3 Å². The molecule has 1 amide bonds. The molecule has 0 bridgehead atoms. The molecule has 0 aliphatic heterocycles. The van der Waals surface area contributed by atoms with Gasteiger partial charge in [-0.3, -0.25) is 9.59 Å². The molecular weight excluding hydrogens is 462 g/mol. The average molecular weight is 490 g/mol. The molecule has 1 N–H and O–H groups in total. The van der Waals surface area contributed by atoms with Gasteiger partial charge in [0.1, 0.15) is 17.1 Å². The molecule has 4 rings (SSSR count). The fourth-order valence-corrected chi connectivity index (χ4v) is 5.68. The van der Waals surface area contributed by atoms with Crippen molar-refractivity contribution in [3.8, 4) is 0 Å². The van der Waals surface area contributed by atoms with Gasteiger partial charge in [-0.2, -0.15) is 0 Å². The maximum absolute atomic E-state index is 13.6. The second kappa shape index (κ2) is 9.11. The minimum Gasteiger partial charge on any atom is -0.324 e. The van der Waals surface area contributed by atoms with Gasteiger partial charge in [0, 0.05) is 17.6 Å². The van der Waals surface area contributed by atoms with E-state index in [0.717, 1.165) is 16.7 Å². The summed E-state index contributed by atoms with van der Waals surface area (Å²) >= 11 is 0. The van der Waals surface area contributed by atoms with Crippen molar-refractivity contribution in [2.45, 2.75) is 51.0 Å². The Bertz CT molecular complexity index is 1650. The van der Waals surface area contributed by atoms with Crippen LogP contribution in [-0.4, -0.2) is 23.9 Å². The van der Waals surface area contributed by atoms with Crippen molar-refractivity contribution in [1.29, 1.82) is 0 Å². The SMILES string of the molecule is Cc1ccc(C)c(S(=O)(=O)c2cn(CC(=O)Nc3cccc(C)c3C)c3nc(C)ccc3c2=O)c1. The summed E-state index contributed by atoms with van der Waals surface area (Å²) in [5.41, 5.74) is 4.22. The van der Waals surface area contributed by atoms with Crippen molar-refractivity contribution in [2.75, 3.05) is 5.32 Å². The third-order valence-corrected chi connectivity index (χ3v) is 8.03. The van der Waals surface area contributed by atoms with Crippen LogP contribution in [0.3, 0.4) is 0 Å². The van der Waals surface area contributed by atoms with Crippen LogP contribution < -0.4 is 10.7 Å². The monoisotopic (exact) mass is 489 g/mol. The number of hydrogen-bond acceptors (Lipinski definition) is 5. The minimum atomic E-state index is -4.15. The molecule has 0 aliphatic rings. The predicted molar refractivity (Wildman–Crippen MR) is 137 cm³/mol. The van der Waals surface area contributed by atoms with Crippen molar-refractivity contribution in [1.82, 2.24) is 9.55 Å². The zero-order valence-electron chi connectivity index (χ0n) is 20.3. The van der Waals surface area contributed by atoms with Crippen molar-refractivity contribution >= 4 is 32.5 Å². The fraction of sp³-hybridized carbons (Fsp3) is 0.222. The largest absolute Gasteiger partial charge is 0.324 e. The number of carbonyl (C=O) groups is 1. The molecule has 2 aromatic carbocycles. The average Bonchev–Trinajstić information content (AvgIpc) is 2.80. The number of carbonyl (C=O) groups excluding carboxylic acids is 1. The molecule has 4 aromatic rings. The summed E-state index contributed by atoms with van der Waals surface area (Å²) in [4.78, 5) is 30.5. The van der Waals surface area contributed by atoms with Crippen LogP contribution in [0.25, 0.3) is 11.0 Å². The molecule has 0 fully saturated rings. The van der Waals surface area contributed by atoms with Gasteiger partial charge in [0.2, 0.25) is 21.2 Å². The Kier molecular flexibility index (Phi) is 6.34. The highest BCUT2D eigenvalue weighted by atomic mass is 32.2. The Morgan fingerprint density at radius 1 is 0.943 bits per heavy atom. The summed E-state index contributed by atoms with van der Waals surface area (Å²) < 4.78 is 28.7. The van der Waals surface area contributed by atoms with E-state index in [1.807, 2.05) is 38.1 Å². The molecule has 7 nitrogen and oxygen atoms in total. The zero-order chi connectivity index (χ0) is 25.5. The number of anilines is 1. The van der Waals surface area contributed by atoms with Crippen molar-refractivity contribution < 1.29 is 13.2 Å². The molecule has 2 aromatic heterocycles. The summed E-state index contributed by atoms with van der Waals surface area (Å²) in [6, 6.07) is 13.9. The number of pyridine rings is 2. The molecule has 0 saturated carbocycles. The second-order valence-electron chi connectivity index (χ2n) is 8.84. The molecule has 0 spiro atoms. The van der Waals surface area contributed by atoms with E-state index in [-0.39, 0.29) is 33.3 Å². The van der Waals surface area contributed by atoms with Gasteiger partial charge in [-0.1, -0.05) is 24.3 Å². The van der Waals surface area contributed by atoms with Crippen LogP contribution in [0.15, 0.2) is 69.3 Å². The van der Waals surface area contributed by atoms with Crippen LogP contribution in [-0.2, 0) is 21.2 Å². The Morgan fingerprint density at radius 2 is 1.69 bits per heavy atom. The van der Waals surface area contributed by atoms with Gasteiger partial charge >= 0.3 is 0 Å². The van der Waals surface area contributed by atoms with Crippen LogP contribution in [0.1, 0.15) is 27.9 Å². The van der Waals surface area contributed by atoms with Crippen molar-refractivity contribution in [3.63, 3.8) is 0 Å². The first-order valence-electron chi connectivity index (χ1n) is 11.2. The van der Waals surface area contributed by atoms with Gasteiger partial charge in [0.15, 0.2) is 0 Å². The van der Waals surface area contributed by atoms with E-state index in [0.29, 0.717) is 16.9 Å².